The Bertz CT molecular complexity index is 152. The van der Waals surface area contributed by atoms with Crippen LogP contribution in [0.15, 0.2) is 0 Å². The zero-order valence-corrected chi connectivity index (χ0v) is 7.14. The first-order chi connectivity index (χ1) is 5.18. The van der Waals surface area contributed by atoms with Crippen molar-refractivity contribution in [2.45, 2.75) is 19.8 Å². The van der Waals surface area contributed by atoms with E-state index in [0.717, 1.165) is 13.2 Å². The number of carbonyl (C=O) groups is 1. The molecule has 0 atom stereocenters. The number of methoxy groups -OCH3 is 1. The Morgan fingerprint density at radius 1 is 1.64 bits per heavy atom. The topological polar surface area (TPSA) is 38.3 Å². The molecule has 1 fully saturated rings. The average Bonchev–Trinajstić information content (AvgIpc) is 2.67. The van der Waals surface area contributed by atoms with Crippen LogP contribution in [0, 0.1) is 5.41 Å². The number of rotatable bonds is 4. The maximum atomic E-state index is 10.6. The van der Waals surface area contributed by atoms with Gasteiger partial charge in [0.05, 0.1) is 6.61 Å². The van der Waals surface area contributed by atoms with Gasteiger partial charge in [0.25, 0.3) is 0 Å². The minimum atomic E-state index is 0.0485. The van der Waals surface area contributed by atoms with Gasteiger partial charge in [0.2, 0.25) is 5.91 Å². The molecule has 3 nitrogen and oxygen atoms in total. The Hall–Kier alpha value is -0.570. The van der Waals surface area contributed by atoms with Crippen molar-refractivity contribution in [3.8, 4) is 0 Å². The molecule has 64 valence electrons. The molecule has 3 heteroatoms. The van der Waals surface area contributed by atoms with Crippen LogP contribution in [0.5, 0.6) is 0 Å². The lowest BCUT2D eigenvalue weighted by atomic mass is 10.1. The molecule has 1 saturated carbocycles. The largest absolute Gasteiger partial charge is 0.384 e. The van der Waals surface area contributed by atoms with Gasteiger partial charge < -0.3 is 10.1 Å². The molecule has 1 aliphatic carbocycles. The van der Waals surface area contributed by atoms with Gasteiger partial charge in [-0.1, -0.05) is 0 Å². The molecule has 1 rings (SSSR count). The quantitative estimate of drug-likeness (QED) is 0.647. The molecule has 0 aromatic carbocycles. The standard InChI is InChI=1S/C8H15NO2/c1-7(10)9-5-8(3-4-8)6-11-2/h3-6H2,1-2H3,(H,9,10). The zero-order chi connectivity index (χ0) is 8.32. The third-order valence-corrected chi connectivity index (χ3v) is 2.12. The summed E-state index contributed by atoms with van der Waals surface area (Å²) < 4.78 is 5.05. The minimum absolute atomic E-state index is 0.0485. The van der Waals surface area contributed by atoms with Crippen LogP contribution in [0.1, 0.15) is 19.8 Å². The second kappa shape index (κ2) is 3.22. The molecule has 0 aromatic rings. The monoisotopic (exact) mass is 157 g/mol. The van der Waals surface area contributed by atoms with E-state index in [-0.39, 0.29) is 11.3 Å². The van der Waals surface area contributed by atoms with Crippen molar-refractivity contribution in [1.82, 2.24) is 5.32 Å². The van der Waals surface area contributed by atoms with Gasteiger partial charge in [0, 0.05) is 26.0 Å². The Morgan fingerprint density at radius 2 is 2.27 bits per heavy atom. The molecule has 0 aliphatic heterocycles. The normalized spacial score (nSPS) is 19.5. The van der Waals surface area contributed by atoms with Gasteiger partial charge in [-0.05, 0) is 12.8 Å². The number of hydrogen-bond acceptors (Lipinski definition) is 2. The van der Waals surface area contributed by atoms with Gasteiger partial charge in [0.15, 0.2) is 0 Å². The van der Waals surface area contributed by atoms with Crippen LogP contribution in [-0.4, -0.2) is 26.2 Å². The molecular weight excluding hydrogens is 142 g/mol. The number of ether oxygens (including phenoxy) is 1. The second-order valence-electron chi connectivity index (χ2n) is 3.34. The molecule has 0 aromatic heterocycles. The number of hydrogen-bond donors (Lipinski definition) is 1. The smallest absolute Gasteiger partial charge is 0.216 e. The van der Waals surface area contributed by atoms with Gasteiger partial charge in [-0.25, -0.2) is 0 Å². The van der Waals surface area contributed by atoms with E-state index in [1.807, 2.05) is 0 Å². The lowest BCUT2D eigenvalue weighted by molar-refractivity contribution is -0.119. The summed E-state index contributed by atoms with van der Waals surface area (Å²) in [5.41, 5.74) is 0.278. The number of amides is 1. The summed E-state index contributed by atoms with van der Waals surface area (Å²) in [6.45, 7) is 3.09. The Balaban J connectivity index is 2.19. The van der Waals surface area contributed by atoms with Crippen molar-refractivity contribution in [3.05, 3.63) is 0 Å². The SMILES string of the molecule is COCC1(CNC(C)=O)CC1. The summed E-state index contributed by atoms with van der Waals surface area (Å²) in [5.74, 6) is 0.0485. The fraction of sp³-hybridized carbons (Fsp3) is 0.875. The highest BCUT2D eigenvalue weighted by Crippen LogP contribution is 2.44. The average molecular weight is 157 g/mol. The first kappa shape index (κ1) is 8.53. The van der Waals surface area contributed by atoms with Gasteiger partial charge in [-0.3, -0.25) is 4.79 Å². The van der Waals surface area contributed by atoms with Crippen molar-refractivity contribution in [2.75, 3.05) is 20.3 Å². The molecule has 0 radical (unpaired) electrons. The molecule has 11 heavy (non-hydrogen) atoms. The maximum Gasteiger partial charge on any atom is 0.216 e. The summed E-state index contributed by atoms with van der Waals surface area (Å²) in [6, 6.07) is 0. The summed E-state index contributed by atoms with van der Waals surface area (Å²) in [6.07, 6.45) is 2.36. The van der Waals surface area contributed by atoms with Crippen LogP contribution in [-0.2, 0) is 9.53 Å². The summed E-state index contributed by atoms with van der Waals surface area (Å²) in [5, 5.41) is 2.81. The van der Waals surface area contributed by atoms with E-state index in [1.54, 1.807) is 14.0 Å². The van der Waals surface area contributed by atoms with Crippen LogP contribution in [0.25, 0.3) is 0 Å². The highest BCUT2D eigenvalue weighted by molar-refractivity contribution is 5.72. The molecule has 0 unspecified atom stereocenters. The highest BCUT2D eigenvalue weighted by Gasteiger charge is 2.42. The maximum absolute atomic E-state index is 10.6. The third kappa shape index (κ3) is 2.50. The van der Waals surface area contributed by atoms with Crippen LogP contribution in [0.4, 0.5) is 0 Å². The van der Waals surface area contributed by atoms with E-state index >= 15 is 0 Å². The molecule has 1 amide bonds. The molecule has 1 N–H and O–H groups in total. The molecule has 0 spiro atoms. The summed E-state index contributed by atoms with van der Waals surface area (Å²) in [7, 11) is 1.70. The van der Waals surface area contributed by atoms with Gasteiger partial charge in [-0.2, -0.15) is 0 Å². The molecule has 1 aliphatic rings. The molecule has 0 bridgehead atoms. The van der Waals surface area contributed by atoms with Crippen LogP contribution in [0.2, 0.25) is 0 Å². The first-order valence-electron chi connectivity index (χ1n) is 3.92. The Morgan fingerprint density at radius 3 is 2.64 bits per heavy atom. The van der Waals surface area contributed by atoms with Crippen molar-refractivity contribution in [3.63, 3.8) is 0 Å². The van der Waals surface area contributed by atoms with Crippen molar-refractivity contribution in [1.29, 1.82) is 0 Å². The van der Waals surface area contributed by atoms with Crippen LogP contribution < -0.4 is 5.32 Å². The van der Waals surface area contributed by atoms with Crippen molar-refractivity contribution >= 4 is 5.91 Å². The lowest BCUT2D eigenvalue weighted by Crippen LogP contribution is -2.30. The predicted octanol–water partition coefficient (Wildman–Crippen LogP) is 0.549. The predicted molar refractivity (Wildman–Crippen MR) is 42.2 cm³/mol. The zero-order valence-electron chi connectivity index (χ0n) is 7.14. The number of nitrogens with one attached hydrogen (secondary N) is 1. The van der Waals surface area contributed by atoms with Crippen LogP contribution in [0.3, 0.4) is 0 Å². The van der Waals surface area contributed by atoms with Crippen molar-refractivity contribution < 1.29 is 9.53 Å². The summed E-state index contributed by atoms with van der Waals surface area (Å²) in [4.78, 5) is 10.6. The molecule has 0 saturated heterocycles. The first-order valence-corrected chi connectivity index (χ1v) is 3.92. The van der Waals surface area contributed by atoms with E-state index in [9.17, 15) is 4.79 Å². The van der Waals surface area contributed by atoms with E-state index < -0.39 is 0 Å². The number of carbonyl (C=O) groups excluding carboxylic acids is 1. The fourth-order valence-corrected chi connectivity index (χ4v) is 1.17. The lowest BCUT2D eigenvalue weighted by Gasteiger charge is -2.13. The van der Waals surface area contributed by atoms with Crippen LogP contribution >= 0.6 is 0 Å². The second-order valence-corrected chi connectivity index (χ2v) is 3.34. The van der Waals surface area contributed by atoms with E-state index in [0.29, 0.717) is 0 Å². The molecule has 0 heterocycles. The Labute approximate surface area is 67.1 Å². The van der Waals surface area contributed by atoms with E-state index in [2.05, 4.69) is 5.32 Å². The van der Waals surface area contributed by atoms with Gasteiger partial charge >= 0.3 is 0 Å². The third-order valence-electron chi connectivity index (χ3n) is 2.12. The minimum Gasteiger partial charge on any atom is -0.384 e. The highest BCUT2D eigenvalue weighted by atomic mass is 16.5. The fourth-order valence-electron chi connectivity index (χ4n) is 1.17. The van der Waals surface area contributed by atoms with E-state index in [4.69, 9.17) is 4.74 Å². The molecular formula is C8H15NO2. The Kier molecular flexibility index (Phi) is 2.49. The van der Waals surface area contributed by atoms with Gasteiger partial charge in [-0.15, -0.1) is 0 Å². The van der Waals surface area contributed by atoms with Crippen molar-refractivity contribution in [2.24, 2.45) is 5.41 Å². The van der Waals surface area contributed by atoms with E-state index in [1.165, 1.54) is 12.8 Å². The van der Waals surface area contributed by atoms with Gasteiger partial charge in [0.1, 0.15) is 0 Å². The summed E-state index contributed by atoms with van der Waals surface area (Å²) >= 11 is 0.